The zero-order valence-corrected chi connectivity index (χ0v) is 15.0. The first-order valence-electron chi connectivity index (χ1n) is 8.06. The Hall–Kier alpha value is -1.32. The van der Waals surface area contributed by atoms with E-state index in [-0.39, 0.29) is 12.4 Å². The van der Waals surface area contributed by atoms with Crippen LogP contribution in [-0.2, 0) is 4.79 Å². The van der Waals surface area contributed by atoms with E-state index in [1.165, 1.54) is 0 Å². The number of carbonyl (C=O) groups is 1. The highest BCUT2D eigenvalue weighted by atomic mass is 35.5. The van der Waals surface area contributed by atoms with Crippen LogP contribution in [0.2, 0.25) is 5.02 Å². The second-order valence-electron chi connectivity index (χ2n) is 6.66. The Bertz CT molecular complexity index is 500. The van der Waals surface area contributed by atoms with Crippen molar-refractivity contribution in [2.75, 3.05) is 6.61 Å². The summed E-state index contributed by atoms with van der Waals surface area (Å²) in [6, 6.07) is 6.94. The number of carbonyl (C=O) groups excluding carboxylic acids is 1. The molecule has 0 heterocycles. The van der Waals surface area contributed by atoms with Crippen LogP contribution in [0.5, 0.6) is 5.75 Å². The SMILES string of the molecule is C[C@@H](CC=CC(=O)COc1ccc(Cl)cc1)CCCC(C)(C)O. The maximum atomic E-state index is 11.7. The van der Waals surface area contributed by atoms with Crippen molar-refractivity contribution in [3.05, 3.63) is 41.4 Å². The summed E-state index contributed by atoms with van der Waals surface area (Å²) in [6.45, 7) is 5.85. The maximum absolute atomic E-state index is 11.7. The summed E-state index contributed by atoms with van der Waals surface area (Å²) in [4.78, 5) is 11.7. The Balaban J connectivity index is 2.20. The molecule has 128 valence electrons. The molecule has 4 heteroatoms. The topological polar surface area (TPSA) is 46.5 Å². The van der Waals surface area contributed by atoms with Crippen LogP contribution in [-0.4, -0.2) is 23.1 Å². The smallest absolute Gasteiger partial charge is 0.192 e. The first-order valence-corrected chi connectivity index (χ1v) is 8.44. The van der Waals surface area contributed by atoms with E-state index in [9.17, 15) is 9.90 Å². The van der Waals surface area contributed by atoms with Gasteiger partial charge in [0.15, 0.2) is 12.4 Å². The Morgan fingerprint density at radius 1 is 1.35 bits per heavy atom. The van der Waals surface area contributed by atoms with Crippen LogP contribution < -0.4 is 4.74 Å². The highest BCUT2D eigenvalue weighted by molar-refractivity contribution is 6.30. The van der Waals surface area contributed by atoms with Gasteiger partial charge in [0.1, 0.15) is 5.75 Å². The Morgan fingerprint density at radius 3 is 2.61 bits per heavy atom. The number of aliphatic hydroxyl groups is 1. The lowest BCUT2D eigenvalue weighted by atomic mass is 9.95. The minimum absolute atomic E-state index is 0.0330. The minimum Gasteiger partial charge on any atom is -0.485 e. The van der Waals surface area contributed by atoms with Crippen LogP contribution in [0.3, 0.4) is 0 Å². The van der Waals surface area contributed by atoms with E-state index in [1.807, 2.05) is 19.9 Å². The number of hydrogen-bond acceptors (Lipinski definition) is 3. The summed E-state index contributed by atoms with van der Waals surface area (Å²) in [7, 11) is 0. The molecule has 0 unspecified atom stereocenters. The Kier molecular flexibility index (Phi) is 8.35. The predicted molar refractivity (Wildman–Crippen MR) is 95.0 cm³/mol. The Morgan fingerprint density at radius 2 is 2.00 bits per heavy atom. The third kappa shape index (κ3) is 10.1. The molecule has 0 radical (unpaired) electrons. The van der Waals surface area contributed by atoms with Gasteiger partial charge in [-0.3, -0.25) is 4.79 Å². The largest absolute Gasteiger partial charge is 0.485 e. The third-order valence-electron chi connectivity index (χ3n) is 3.52. The lowest BCUT2D eigenvalue weighted by molar-refractivity contribution is -0.116. The van der Waals surface area contributed by atoms with Gasteiger partial charge in [0.2, 0.25) is 0 Å². The van der Waals surface area contributed by atoms with Gasteiger partial charge in [0, 0.05) is 5.02 Å². The fourth-order valence-corrected chi connectivity index (χ4v) is 2.29. The van der Waals surface area contributed by atoms with Crippen LogP contribution in [0.15, 0.2) is 36.4 Å². The van der Waals surface area contributed by atoms with Crippen molar-refractivity contribution >= 4 is 17.4 Å². The molecule has 0 fully saturated rings. The maximum Gasteiger partial charge on any atom is 0.192 e. The van der Waals surface area contributed by atoms with Crippen molar-refractivity contribution in [3.63, 3.8) is 0 Å². The number of ether oxygens (including phenoxy) is 1. The molecule has 1 aromatic carbocycles. The van der Waals surface area contributed by atoms with Gasteiger partial charge in [-0.2, -0.15) is 0 Å². The molecule has 0 saturated carbocycles. The van der Waals surface area contributed by atoms with Gasteiger partial charge < -0.3 is 9.84 Å². The molecule has 0 bridgehead atoms. The van der Waals surface area contributed by atoms with Gasteiger partial charge in [-0.05, 0) is 62.9 Å². The van der Waals surface area contributed by atoms with Gasteiger partial charge in [0.25, 0.3) is 0 Å². The summed E-state index contributed by atoms with van der Waals surface area (Å²) in [5.74, 6) is 1.08. The predicted octanol–water partition coefficient (Wildman–Crippen LogP) is 4.81. The second-order valence-corrected chi connectivity index (χ2v) is 7.09. The normalized spacial score (nSPS) is 13.3. The summed E-state index contributed by atoms with van der Waals surface area (Å²) in [5, 5.41) is 10.3. The molecule has 1 N–H and O–H groups in total. The van der Waals surface area contributed by atoms with Crippen LogP contribution in [0.1, 0.15) is 46.5 Å². The van der Waals surface area contributed by atoms with Crippen LogP contribution in [0.4, 0.5) is 0 Å². The highest BCUT2D eigenvalue weighted by Gasteiger charge is 2.12. The lowest BCUT2D eigenvalue weighted by Gasteiger charge is -2.17. The molecule has 0 aliphatic carbocycles. The number of ketones is 1. The van der Waals surface area contributed by atoms with Crippen molar-refractivity contribution in [2.24, 2.45) is 5.92 Å². The highest BCUT2D eigenvalue weighted by Crippen LogP contribution is 2.18. The molecule has 0 aliphatic rings. The van der Waals surface area contributed by atoms with Crippen molar-refractivity contribution in [1.82, 2.24) is 0 Å². The summed E-state index contributed by atoms with van der Waals surface area (Å²) in [6.07, 6.45) is 7.19. The molecule has 0 amide bonds. The van der Waals surface area contributed by atoms with E-state index in [0.29, 0.717) is 16.7 Å². The molecular weight excluding hydrogens is 312 g/mol. The minimum atomic E-state index is -0.593. The fraction of sp³-hybridized carbons (Fsp3) is 0.526. The molecule has 3 nitrogen and oxygen atoms in total. The standard InChI is InChI=1S/C19H27ClO3/c1-15(7-5-13-19(2,3)22)6-4-8-17(21)14-23-18-11-9-16(20)10-12-18/h4,8-12,15,22H,5-7,13-14H2,1-3H3/t15-/m0/s1. The van der Waals surface area contributed by atoms with Crippen LogP contribution in [0, 0.1) is 5.92 Å². The third-order valence-corrected chi connectivity index (χ3v) is 3.77. The quantitative estimate of drug-likeness (QED) is 0.622. The zero-order valence-electron chi connectivity index (χ0n) is 14.2. The first kappa shape index (κ1) is 19.7. The number of halogens is 1. The van der Waals surface area contributed by atoms with E-state index in [2.05, 4.69) is 6.92 Å². The van der Waals surface area contributed by atoms with Gasteiger partial charge in [-0.15, -0.1) is 0 Å². The lowest BCUT2D eigenvalue weighted by Crippen LogP contribution is -2.18. The summed E-state index contributed by atoms with van der Waals surface area (Å²) < 4.78 is 5.40. The van der Waals surface area contributed by atoms with E-state index < -0.39 is 5.60 Å². The van der Waals surface area contributed by atoms with Gasteiger partial charge in [-0.25, -0.2) is 0 Å². The summed E-state index contributed by atoms with van der Waals surface area (Å²) >= 11 is 5.79. The van der Waals surface area contributed by atoms with Crippen molar-refractivity contribution in [2.45, 2.75) is 52.1 Å². The van der Waals surface area contributed by atoms with E-state index in [1.54, 1.807) is 30.3 Å². The van der Waals surface area contributed by atoms with Gasteiger partial charge in [-0.1, -0.05) is 37.4 Å². The molecular formula is C19H27ClO3. The molecule has 0 spiro atoms. The Labute approximate surface area is 144 Å². The molecule has 1 atom stereocenters. The summed E-state index contributed by atoms with van der Waals surface area (Å²) in [5.41, 5.74) is -0.593. The first-order chi connectivity index (χ1) is 10.8. The fourth-order valence-electron chi connectivity index (χ4n) is 2.17. The molecule has 0 saturated heterocycles. The van der Waals surface area contributed by atoms with Crippen molar-refractivity contribution in [1.29, 1.82) is 0 Å². The zero-order chi connectivity index (χ0) is 17.3. The second kappa shape index (κ2) is 9.74. The van der Waals surface area contributed by atoms with Crippen LogP contribution >= 0.6 is 11.6 Å². The van der Waals surface area contributed by atoms with E-state index >= 15 is 0 Å². The molecule has 23 heavy (non-hydrogen) atoms. The average molecular weight is 339 g/mol. The van der Waals surface area contributed by atoms with Crippen molar-refractivity contribution < 1.29 is 14.6 Å². The monoisotopic (exact) mass is 338 g/mol. The molecule has 1 rings (SSSR count). The molecule has 0 aliphatic heterocycles. The van der Waals surface area contributed by atoms with Crippen LogP contribution in [0.25, 0.3) is 0 Å². The molecule has 1 aromatic rings. The average Bonchev–Trinajstić information content (AvgIpc) is 2.45. The number of hydrogen-bond donors (Lipinski definition) is 1. The van der Waals surface area contributed by atoms with Crippen molar-refractivity contribution in [3.8, 4) is 5.75 Å². The van der Waals surface area contributed by atoms with Gasteiger partial charge in [0.05, 0.1) is 5.60 Å². The number of rotatable bonds is 10. The van der Waals surface area contributed by atoms with E-state index in [0.717, 1.165) is 25.7 Å². The number of benzene rings is 1. The van der Waals surface area contributed by atoms with E-state index in [4.69, 9.17) is 16.3 Å². The number of allylic oxidation sites excluding steroid dienone is 1. The van der Waals surface area contributed by atoms with Gasteiger partial charge >= 0.3 is 0 Å². The molecule has 0 aromatic heterocycles.